The SMILES string of the molecule is CCCCC[C@H](O)CC[C@@H]1[C@H]2Cc3cccc(OCC(O)O[C@@H]4C[C@H](C)CC[C@H]4C(C)C)c3C[C@H]2C[C@H]1O. The molecule has 0 heterocycles. The third-order valence-corrected chi connectivity index (χ3v) is 9.99. The topological polar surface area (TPSA) is 79.2 Å². The van der Waals surface area contributed by atoms with Crippen molar-refractivity contribution in [1.29, 1.82) is 0 Å². The number of unbranched alkanes of at least 4 members (excludes halogenated alkanes) is 2. The van der Waals surface area contributed by atoms with E-state index in [0.717, 1.165) is 63.5 Å². The van der Waals surface area contributed by atoms with Gasteiger partial charge in [0.15, 0.2) is 6.29 Å². The Morgan fingerprint density at radius 2 is 1.84 bits per heavy atom. The zero-order valence-electron chi connectivity index (χ0n) is 24.4. The summed E-state index contributed by atoms with van der Waals surface area (Å²) < 4.78 is 12.3. The molecular weight excluding hydrogens is 476 g/mol. The second kappa shape index (κ2) is 14.0. The molecule has 5 heteroatoms. The molecule has 1 aromatic carbocycles. The van der Waals surface area contributed by atoms with Crippen LogP contribution in [0, 0.1) is 35.5 Å². The van der Waals surface area contributed by atoms with Crippen molar-refractivity contribution in [3.05, 3.63) is 29.3 Å². The van der Waals surface area contributed by atoms with E-state index in [9.17, 15) is 15.3 Å². The van der Waals surface area contributed by atoms with Crippen molar-refractivity contribution in [2.45, 2.75) is 129 Å². The summed E-state index contributed by atoms with van der Waals surface area (Å²) in [6, 6.07) is 6.27. The lowest BCUT2D eigenvalue weighted by Gasteiger charge is -2.38. The zero-order valence-corrected chi connectivity index (χ0v) is 24.4. The molecule has 5 nitrogen and oxygen atoms in total. The van der Waals surface area contributed by atoms with Gasteiger partial charge >= 0.3 is 0 Å². The van der Waals surface area contributed by atoms with Gasteiger partial charge in [-0.2, -0.15) is 0 Å². The minimum absolute atomic E-state index is 0.0878. The summed E-state index contributed by atoms with van der Waals surface area (Å²) in [6.45, 7) is 9.11. The first-order valence-electron chi connectivity index (χ1n) is 15.7. The van der Waals surface area contributed by atoms with Crippen LogP contribution in [0.4, 0.5) is 0 Å². The van der Waals surface area contributed by atoms with E-state index < -0.39 is 6.29 Å². The predicted octanol–water partition coefficient (Wildman–Crippen LogP) is 6.29. The minimum atomic E-state index is -0.930. The Hall–Kier alpha value is -1.14. The highest BCUT2D eigenvalue weighted by molar-refractivity contribution is 5.43. The van der Waals surface area contributed by atoms with Crippen LogP contribution in [0.3, 0.4) is 0 Å². The first kappa shape index (κ1) is 29.8. The summed E-state index contributed by atoms with van der Waals surface area (Å²) >= 11 is 0. The van der Waals surface area contributed by atoms with E-state index in [1.165, 1.54) is 30.4 Å². The number of hydrogen-bond acceptors (Lipinski definition) is 5. The number of aliphatic hydroxyl groups excluding tert-OH is 3. The average Bonchev–Trinajstić information content (AvgIpc) is 3.18. The molecule has 1 unspecified atom stereocenters. The van der Waals surface area contributed by atoms with Gasteiger partial charge in [-0.15, -0.1) is 0 Å². The monoisotopic (exact) mass is 530 g/mol. The Morgan fingerprint density at radius 3 is 2.61 bits per heavy atom. The van der Waals surface area contributed by atoms with E-state index in [1.54, 1.807) is 0 Å². The first-order chi connectivity index (χ1) is 18.3. The molecule has 0 saturated heterocycles. The highest BCUT2D eigenvalue weighted by Crippen LogP contribution is 2.48. The summed E-state index contributed by atoms with van der Waals surface area (Å²) in [5.41, 5.74) is 2.54. The summed E-state index contributed by atoms with van der Waals surface area (Å²) in [5, 5.41) is 32.1. The van der Waals surface area contributed by atoms with Crippen LogP contribution < -0.4 is 4.74 Å². The first-order valence-corrected chi connectivity index (χ1v) is 15.7. The molecule has 4 rings (SSSR count). The maximum absolute atomic E-state index is 10.9. The van der Waals surface area contributed by atoms with Crippen LogP contribution in [-0.2, 0) is 17.6 Å². The largest absolute Gasteiger partial charge is 0.488 e. The number of hydrogen-bond donors (Lipinski definition) is 3. The summed E-state index contributed by atoms with van der Waals surface area (Å²) in [5.74, 6) is 3.69. The van der Waals surface area contributed by atoms with Gasteiger partial charge < -0.3 is 24.8 Å². The van der Waals surface area contributed by atoms with Crippen molar-refractivity contribution in [2.75, 3.05) is 6.61 Å². The van der Waals surface area contributed by atoms with Crippen LogP contribution in [0.1, 0.15) is 103 Å². The number of rotatable bonds is 13. The van der Waals surface area contributed by atoms with Gasteiger partial charge in [0.2, 0.25) is 0 Å². The third-order valence-electron chi connectivity index (χ3n) is 9.99. The lowest BCUT2D eigenvalue weighted by molar-refractivity contribution is -0.180. The van der Waals surface area contributed by atoms with Crippen LogP contribution in [0.2, 0.25) is 0 Å². The van der Waals surface area contributed by atoms with Gasteiger partial charge in [-0.3, -0.25) is 0 Å². The van der Waals surface area contributed by atoms with E-state index in [-0.39, 0.29) is 30.8 Å². The number of aliphatic hydroxyl groups is 3. The molecule has 0 radical (unpaired) electrons. The molecule has 0 bridgehead atoms. The van der Waals surface area contributed by atoms with Crippen LogP contribution in [-0.4, -0.2) is 46.5 Å². The fourth-order valence-electron chi connectivity index (χ4n) is 7.77. The Bertz CT molecular complexity index is 856. The molecule has 0 aromatic heterocycles. The van der Waals surface area contributed by atoms with E-state index in [1.807, 2.05) is 6.07 Å². The lowest BCUT2D eigenvalue weighted by atomic mass is 9.73. The van der Waals surface area contributed by atoms with Crippen molar-refractivity contribution in [3.63, 3.8) is 0 Å². The van der Waals surface area contributed by atoms with Gasteiger partial charge in [0, 0.05) is 0 Å². The van der Waals surface area contributed by atoms with Crippen LogP contribution in [0.15, 0.2) is 18.2 Å². The lowest BCUT2D eigenvalue weighted by Crippen LogP contribution is -2.38. The Balaban J connectivity index is 1.32. The quantitative estimate of drug-likeness (QED) is 0.206. The molecule has 0 amide bonds. The molecule has 2 fully saturated rings. The second-order valence-corrected chi connectivity index (χ2v) is 13.2. The highest BCUT2D eigenvalue weighted by Gasteiger charge is 2.45. The average molecular weight is 531 g/mol. The van der Waals surface area contributed by atoms with E-state index in [4.69, 9.17) is 9.47 Å². The van der Waals surface area contributed by atoms with Gasteiger partial charge in [-0.05, 0) is 104 Å². The van der Waals surface area contributed by atoms with E-state index in [2.05, 4.69) is 39.8 Å². The number of fused-ring (bicyclic) bond motifs is 2. The van der Waals surface area contributed by atoms with Gasteiger partial charge in [-0.25, -0.2) is 0 Å². The highest BCUT2D eigenvalue weighted by atomic mass is 16.6. The molecule has 3 aliphatic rings. The van der Waals surface area contributed by atoms with E-state index in [0.29, 0.717) is 29.6 Å². The van der Waals surface area contributed by atoms with Gasteiger partial charge in [0.05, 0.1) is 18.3 Å². The number of ether oxygens (including phenoxy) is 2. The predicted molar refractivity (Wildman–Crippen MR) is 152 cm³/mol. The molecule has 216 valence electrons. The van der Waals surface area contributed by atoms with Gasteiger partial charge in [0.1, 0.15) is 12.4 Å². The van der Waals surface area contributed by atoms with Crippen molar-refractivity contribution in [2.24, 2.45) is 35.5 Å². The summed E-state index contributed by atoms with van der Waals surface area (Å²) in [6.07, 6.45) is 10.7. The van der Waals surface area contributed by atoms with Crippen LogP contribution in [0.5, 0.6) is 5.75 Å². The summed E-state index contributed by atoms with van der Waals surface area (Å²) in [4.78, 5) is 0. The van der Waals surface area contributed by atoms with Crippen molar-refractivity contribution < 1.29 is 24.8 Å². The van der Waals surface area contributed by atoms with Crippen LogP contribution >= 0.6 is 0 Å². The molecular formula is C33H54O5. The summed E-state index contributed by atoms with van der Waals surface area (Å²) in [7, 11) is 0. The third kappa shape index (κ3) is 7.53. The van der Waals surface area contributed by atoms with Gasteiger partial charge in [0.25, 0.3) is 0 Å². The Labute approximate surface area is 231 Å². The molecule has 1 aromatic rings. The molecule has 38 heavy (non-hydrogen) atoms. The molecule has 0 spiro atoms. The van der Waals surface area contributed by atoms with Crippen LogP contribution in [0.25, 0.3) is 0 Å². The molecule has 3 N–H and O–H groups in total. The fourth-order valence-corrected chi connectivity index (χ4v) is 7.77. The zero-order chi connectivity index (χ0) is 27.2. The maximum Gasteiger partial charge on any atom is 0.189 e. The standard InChI is InChI=1S/C33H54O5/c1-5-6-7-10-25(34)13-15-27-28-17-23-9-8-11-31(29(23)18-24(28)19-30(27)35)37-20-33(36)38-32-16-22(4)12-14-26(32)21(2)3/h8-9,11,21-22,24-28,30,32-36H,5-7,10,12-20H2,1-4H3/t22-,24+,25+,26+,27-,28+,30-,32-,33?/m1/s1. The fraction of sp³-hybridized carbons (Fsp3) is 0.818. The van der Waals surface area contributed by atoms with Crippen molar-refractivity contribution >= 4 is 0 Å². The number of benzene rings is 1. The smallest absolute Gasteiger partial charge is 0.189 e. The Morgan fingerprint density at radius 1 is 1.03 bits per heavy atom. The molecule has 9 atom stereocenters. The molecule has 3 aliphatic carbocycles. The molecule has 0 aliphatic heterocycles. The van der Waals surface area contributed by atoms with Crippen molar-refractivity contribution in [3.8, 4) is 5.75 Å². The van der Waals surface area contributed by atoms with Crippen molar-refractivity contribution in [1.82, 2.24) is 0 Å². The van der Waals surface area contributed by atoms with E-state index >= 15 is 0 Å². The minimum Gasteiger partial charge on any atom is -0.488 e. The molecule has 2 saturated carbocycles. The maximum atomic E-state index is 10.9. The van der Waals surface area contributed by atoms with Gasteiger partial charge in [-0.1, -0.05) is 65.5 Å². The second-order valence-electron chi connectivity index (χ2n) is 13.2. The Kier molecular flexibility index (Phi) is 11.0. The normalized spacial score (nSPS) is 32.6.